The highest BCUT2D eigenvalue weighted by atomic mass is 16.4. The highest BCUT2D eigenvalue weighted by Crippen LogP contribution is 2.05. The van der Waals surface area contributed by atoms with E-state index in [2.05, 4.69) is 17.3 Å². The number of aromatic nitrogens is 2. The molecule has 1 aromatic heterocycles. The van der Waals surface area contributed by atoms with Crippen molar-refractivity contribution in [2.45, 2.75) is 52.1 Å². The predicted molar refractivity (Wildman–Crippen MR) is 70.9 cm³/mol. The Balaban J connectivity index is 2.53. The summed E-state index contributed by atoms with van der Waals surface area (Å²) < 4.78 is 1.19. The van der Waals surface area contributed by atoms with Gasteiger partial charge in [0.1, 0.15) is 12.2 Å². The number of hydrogen-bond acceptors (Lipinski definition) is 3. The Labute approximate surface area is 112 Å². The predicted octanol–water partition coefficient (Wildman–Crippen LogP) is 1.67. The van der Waals surface area contributed by atoms with E-state index in [1.54, 1.807) is 0 Å². The Morgan fingerprint density at radius 2 is 2.21 bits per heavy atom. The van der Waals surface area contributed by atoms with Gasteiger partial charge in [-0.2, -0.15) is 5.10 Å². The van der Waals surface area contributed by atoms with Gasteiger partial charge in [-0.15, -0.1) is 0 Å². The van der Waals surface area contributed by atoms with Crippen LogP contribution < -0.4 is 5.32 Å². The van der Waals surface area contributed by atoms with Crippen molar-refractivity contribution in [3.05, 3.63) is 18.0 Å². The van der Waals surface area contributed by atoms with Gasteiger partial charge in [0.05, 0.1) is 0 Å². The summed E-state index contributed by atoms with van der Waals surface area (Å²) in [5, 5.41) is 15.4. The van der Waals surface area contributed by atoms with Gasteiger partial charge in [0.2, 0.25) is 0 Å². The molecule has 6 heteroatoms. The van der Waals surface area contributed by atoms with E-state index >= 15 is 0 Å². The van der Waals surface area contributed by atoms with Crippen molar-refractivity contribution in [2.24, 2.45) is 0 Å². The van der Waals surface area contributed by atoms with Crippen LogP contribution in [0.2, 0.25) is 0 Å². The average Bonchev–Trinajstić information content (AvgIpc) is 2.76. The molecule has 106 valence electrons. The van der Waals surface area contributed by atoms with Crippen molar-refractivity contribution in [3.63, 3.8) is 0 Å². The SMILES string of the molecule is CCCCCC(C)NC(=O)c1ccnn1CC(=O)O. The molecule has 0 aliphatic heterocycles. The molecule has 6 nitrogen and oxygen atoms in total. The summed E-state index contributed by atoms with van der Waals surface area (Å²) in [6.07, 6.45) is 5.72. The Morgan fingerprint density at radius 3 is 2.84 bits per heavy atom. The van der Waals surface area contributed by atoms with Crippen molar-refractivity contribution in [2.75, 3.05) is 0 Å². The van der Waals surface area contributed by atoms with Gasteiger partial charge in [-0.1, -0.05) is 26.2 Å². The summed E-state index contributed by atoms with van der Waals surface area (Å²) in [5.41, 5.74) is 0.282. The van der Waals surface area contributed by atoms with Crippen LogP contribution in [-0.4, -0.2) is 32.8 Å². The number of carboxylic acid groups (broad SMARTS) is 1. The summed E-state index contributed by atoms with van der Waals surface area (Å²) in [7, 11) is 0. The van der Waals surface area contributed by atoms with Gasteiger partial charge in [-0.05, 0) is 19.4 Å². The normalized spacial score (nSPS) is 12.1. The van der Waals surface area contributed by atoms with Crippen LogP contribution >= 0.6 is 0 Å². The summed E-state index contributed by atoms with van der Waals surface area (Å²) in [6.45, 7) is 3.78. The topological polar surface area (TPSA) is 84.2 Å². The Kier molecular flexibility index (Phi) is 6.05. The number of carbonyl (C=O) groups excluding carboxylic acids is 1. The number of carboxylic acids is 1. The van der Waals surface area contributed by atoms with E-state index in [4.69, 9.17) is 5.11 Å². The van der Waals surface area contributed by atoms with Crippen LogP contribution in [0, 0.1) is 0 Å². The molecular weight excluding hydrogens is 246 g/mol. The maximum atomic E-state index is 12.0. The number of nitrogens with one attached hydrogen (secondary N) is 1. The number of carbonyl (C=O) groups is 2. The van der Waals surface area contributed by atoms with Gasteiger partial charge in [0.15, 0.2) is 0 Å². The van der Waals surface area contributed by atoms with Crippen molar-refractivity contribution in [1.29, 1.82) is 0 Å². The minimum Gasteiger partial charge on any atom is -0.480 e. The van der Waals surface area contributed by atoms with E-state index in [1.165, 1.54) is 16.9 Å². The molecule has 0 fully saturated rings. The van der Waals surface area contributed by atoms with E-state index < -0.39 is 5.97 Å². The first kappa shape index (κ1) is 15.2. The van der Waals surface area contributed by atoms with Gasteiger partial charge < -0.3 is 10.4 Å². The minimum absolute atomic E-state index is 0.0761. The highest BCUT2D eigenvalue weighted by Gasteiger charge is 2.15. The minimum atomic E-state index is -1.02. The molecule has 1 heterocycles. The van der Waals surface area contributed by atoms with Crippen molar-refractivity contribution >= 4 is 11.9 Å². The zero-order valence-electron chi connectivity index (χ0n) is 11.4. The van der Waals surface area contributed by atoms with Crippen molar-refractivity contribution in [1.82, 2.24) is 15.1 Å². The molecular formula is C13H21N3O3. The second-order valence-corrected chi connectivity index (χ2v) is 4.64. The maximum absolute atomic E-state index is 12.0. The number of nitrogens with zero attached hydrogens (tertiary/aromatic N) is 2. The van der Waals surface area contributed by atoms with Gasteiger partial charge >= 0.3 is 5.97 Å². The van der Waals surface area contributed by atoms with Crippen LogP contribution in [0.5, 0.6) is 0 Å². The summed E-state index contributed by atoms with van der Waals surface area (Å²) in [4.78, 5) is 22.6. The maximum Gasteiger partial charge on any atom is 0.325 e. The summed E-state index contributed by atoms with van der Waals surface area (Å²) >= 11 is 0. The molecule has 0 aromatic carbocycles. The number of amides is 1. The smallest absolute Gasteiger partial charge is 0.325 e. The molecule has 0 saturated carbocycles. The molecule has 0 saturated heterocycles. The average molecular weight is 267 g/mol. The Hall–Kier alpha value is -1.85. The fraction of sp³-hybridized carbons (Fsp3) is 0.615. The number of hydrogen-bond donors (Lipinski definition) is 2. The van der Waals surface area contributed by atoms with E-state index in [9.17, 15) is 9.59 Å². The van der Waals surface area contributed by atoms with Gasteiger partial charge in [-0.3, -0.25) is 9.59 Å². The van der Waals surface area contributed by atoms with Crippen molar-refractivity contribution in [3.8, 4) is 0 Å². The lowest BCUT2D eigenvalue weighted by Crippen LogP contribution is -2.34. The molecule has 0 aliphatic rings. The van der Waals surface area contributed by atoms with Crippen LogP contribution in [0.4, 0.5) is 0 Å². The van der Waals surface area contributed by atoms with E-state index in [0.29, 0.717) is 0 Å². The largest absolute Gasteiger partial charge is 0.480 e. The second-order valence-electron chi connectivity index (χ2n) is 4.64. The lowest BCUT2D eigenvalue weighted by molar-refractivity contribution is -0.137. The monoisotopic (exact) mass is 267 g/mol. The molecule has 0 bridgehead atoms. The highest BCUT2D eigenvalue weighted by molar-refractivity contribution is 5.93. The van der Waals surface area contributed by atoms with Gasteiger partial charge in [-0.25, -0.2) is 4.68 Å². The fourth-order valence-corrected chi connectivity index (χ4v) is 1.85. The first-order valence-corrected chi connectivity index (χ1v) is 6.59. The molecule has 0 spiro atoms. The van der Waals surface area contributed by atoms with E-state index in [1.807, 2.05) is 6.92 Å². The lowest BCUT2D eigenvalue weighted by Gasteiger charge is -2.14. The lowest BCUT2D eigenvalue weighted by atomic mass is 10.1. The first-order chi connectivity index (χ1) is 9.04. The molecule has 2 N–H and O–H groups in total. The molecule has 1 amide bonds. The van der Waals surface area contributed by atoms with Crippen LogP contribution in [0.1, 0.15) is 50.0 Å². The summed E-state index contributed by atoms with van der Waals surface area (Å²) in [6, 6.07) is 1.60. The molecule has 1 unspecified atom stereocenters. The zero-order chi connectivity index (χ0) is 14.3. The van der Waals surface area contributed by atoms with E-state index in [0.717, 1.165) is 25.7 Å². The Morgan fingerprint density at radius 1 is 1.47 bits per heavy atom. The van der Waals surface area contributed by atoms with Gasteiger partial charge in [0, 0.05) is 12.2 Å². The number of unbranched alkanes of at least 4 members (excludes halogenated alkanes) is 2. The standard InChI is InChI=1S/C13H21N3O3/c1-3-4-5-6-10(2)15-13(19)11-7-8-14-16(11)9-12(17)18/h7-8,10H,3-6,9H2,1-2H3,(H,15,19)(H,17,18). The number of rotatable bonds is 8. The Bertz CT molecular complexity index is 429. The van der Waals surface area contributed by atoms with Crippen LogP contribution in [0.3, 0.4) is 0 Å². The molecule has 1 atom stereocenters. The van der Waals surface area contributed by atoms with Crippen LogP contribution in [0.15, 0.2) is 12.3 Å². The third-order valence-electron chi connectivity index (χ3n) is 2.85. The fourth-order valence-electron chi connectivity index (χ4n) is 1.85. The van der Waals surface area contributed by atoms with Gasteiger partial charge in [0.25, 0.3) is 5.91 Å². The molecule has 1 rings (SSSR count). The molecule has 19 heavy (non-hydrogen) atoms. The third kappa shape index (κ3) is 5.11. The first-order valence-electron chi connectivity index (χ1n) is 6.59. The third-order valence-corrected chi connectivity index (χ3v) is 2.85. The van der Waals surface area contributed by atoms with Crippen LogP contribution in [-0.2, 0) is 11.3 Å². The zero-order valence-corrected chi connectivity index (χ0v) is 11.4. The van der Waals surface area contributed by atoms with Crippen LogP contribution in [0.25, 0.3) is 0 Å². The molecule has 0 aliphatic carbocycles. The van der Waals surface area contributed by atoms with Crippen molar-refractivity contribution < 1.29 is 14.7 Å². The summed E-state index contributed by atoms with van der Waals surface area (Å²) in [5.74, 6) is -1.29. The second kappa shape index (κ2) is 7.56. The molecule has 0 radical (unpaired) electrons. The quantitative estimate of drug-likeness (QED) is 0.702. The number of aliphatic carboxylic acids is 1. The molecule has 1 aromatic rings. The van der Waals surface area contributed by atoms with E-state index in [-0.39, 0.29) is 24.2 Å².